The smallest absolute Gasteiger partial charge is 0.335 e. The SMILES string of the molecule is N#Cc1cc(N2CC(=O)Nc3cc(C(=O)O)ccc3C2)ccn1. The predicted octanol–water partition coefficient (Wildman–Crippen LogP) is 1.61. The van der Waals surface area contributed by atoms with E-state index >= 15 is 0 Å². The molecule has 0 aliphatic carbocycles. The highest BCUT2D eigenvalue weighted by Gasteiger charge is 2.21. The van der Waals surface area contributed by atoms with Crippen LogP contribution >= 0.6 is 0 Å². The zero-order valence-corrected chi connectivity index (χ0v) is 12.0. The lowest BCUT2D eigenvalue weighted by Gasteiger charge is -2.21. The molecular formula is C16H12N4O3. The average Bonchev–Trinajstić information content (AvgIpc) is 2.72. The first-order valence-corrected chi connectivity index (χ1v) is 6.84. The molecule has 0 spiro atoms. The fraction of sp³-hybridized carbons (Fsp3) is 0.125. The molecule has 1 aliphatic heterocycles. The fourth-order valence-electron chi connectivity index (χ4n) is 2.45. The molecule has 0 saturated carbocycles. The highest BCUT2D eigenvalue weighted by atomic mass is 16.4. The topological polar surface area (TPSA) is 106 Å². The number of nitriles is 1. The van der Waals surface area contributed by atoms with Gasteiger partial charge >= 0.3 is 5.97 Å². The second-order valence-corrected chi connectivity index (χ2v) is 5.09. The molecular weight excluding hydrogens is 296 g/mol. The summed E-state index contributed by atoms with van der Waals surface area (Å²) in [4.78, 5) is 28.9. The number of carboxylic acid groups (broad SMARTS) is 1. The third-order valence-electron chi connectivity index (χ3n) is 3.55. The van der Waals surface area contributed by atoms with Crippen molar-refractivity contribution in [2.24, 2.45) is 0 Å². The molecule has 3 rings (SSSR count). The van der Waals surface area contributed by atoms with Gasteiger partial charge in [0.15, 0.2) is 0 Å². The maximum Gasteiger partial charge on any atom is 0.335 e. The van der Waals surface area contributed by atoms with E-state index < -0.39 is 5.97 Å². The Hall–Kier alpha value is -3.40. The fourth-order valence-corrected chi connectivity index (χ4v) is 2.45. The van der Waals surface area contributed by atoms with Crippen molar-refractivity contribution in [2.75, 3.05) is 16.8 Å². The van der Waals surface area contributed by atoms with Crippen molar-refractivity contribution in [1.29, 1.82) is 5.26 Å². The Bertz CT molecular complexity index is 841. The largest absolute Gasteiger partial charge is 0.478 e. The number of aromatic nitrogens is 1. The van der Waals surface area contributed by atoms with Gasteiger partial charge in [0.2, 0.25) is 5.91 Å². The lowest BCUT2D eigenvalue weighted by atomic mass is 10.1. The molecule has 0 saturated heterocycles. The summed E-state index contributed by atoms with van der Waals surface area (Å²) >= 11 is 0. The van der Waals surface area contributed by atoms with Crippen LogP contribution in [-0.2, 0) is 11.3 Å². The normalized spacial score (nSPS) is 13.5. The van der Waals surface area contributed by atoms with Gasteiger partial charge in [-0.05, 0) is 29.8 Å². The monoisotopic (exact) mass is 308 g/mol. The van der Waals surface area contributed by atoms with Gasteiger partial charge in [0, 0.05) is 24.1 Å². The highest BCUT2D eigenvalue weighted by molar-refractivity contribution is 5.98. The molecule has 23 heavy (non-hydrogen) atoms. The van der Waals surface area contributed by atoms with Gasteiger partial charge < -0.3 is 15.3 Å². The average molecular weight is 308 g/mol. The number of benzene rings is 1. The number of carboxylic acids is 1. The Morgan fingerprint density at radius 1 is 1.30 bits per heavy atom. The van der Waals surface area contributed by atoms with Crippen LogP contribution in [0.4, 0.5) is 11.4 Å². The molecule has 1 aromatic carbocycles. The van der Waals surface area contributed by atoms with E-state index in [4.69, 9.17) is 10.4 Å². The number of carbonyl (C=O) groups excluding carboxylic acids is 1. The first kappa shape index (κ1) is 14.5. The summed E-state index contributed by atoms with van der Waals surface area (Å²) in [6.45, 7) is 0.523. The van der Waals surface area contributed by atoms with Crippen LogP contribution in [0.5, 0.6) is 0 Å². The number of nitrogens with one attached hydrogen (secondary N) is 1. The van der Waals surface area contributed by atoms with Gasteiger partial charge in [0.05, 0.1) is 12.1 Å². The van der Waals surface area contributed by atoms with E-state index in [0.717, 1.165) is 5.56 Å². The van der Waals surface area contributed by atoms with Crippen LogP contribution in [0.1, 0.15) is 21.6 Å². The standard InChI is InChI=1S/C16H12N4O3/c17-7-12-6-13(3-4-18-12)20-8-11-2-1-10(16(22)23)5-14(11)19-15(21)9-20/h1-6H,8-9H2,(H,19,21)(H,22,23). The Balaban J connectivity index is 1.98. The number of nitrogens with zero attached hydrogens (tertiary/aromatic N) is 3. The molecule has 2 aromatic rings. The number of hydrogen-bond donors (Lipinski definition) is 2. The molecule has 0 fully saturated rings. The van der Waals surface area contributed by atoms with Crippen molar-refractivity contribution in [3.05, 3.63) is 53.3 Å². The summed E-state index contributed by atoms with van der Waals surface area (Å²) in [6, 6.07) is 9.95. The second kappa shape index (κ2) is 5.77. The van der Waals surface area contributed by atoms with Crippen LogP contribution in [0, 0.1) is 11.3 Å². The number of hydrogen-bond acceptors (Lipinski definition) is 5. The van der Waals surface area contributed by atoms with Gasteiger partial charge in [-0.2, -0.15) is 5.26 Å². The van der Waals surface area contributed by atoms with Crippen molar-refractivity contribution in [3.63, 3.8) is 0 Å². The van der Waals surface area contributed by atoms with E-state index in [-0.39, 0.29) is 23.7 Å². The van der Waals surface area contributed by atoms with E-state index in [0.29, 0.717) is 17.9 Å². The minimum absolute atomic E-state index is 0.103. The number of amides is 1. The molecule has 1 aromatic heterocycles. The number of anilines is 2. The van der Waals surface area contributed by atoms with E-state index in [1.54, 1.807) is 18.2 Å². The Labute approximate surface area is 131 Å². The minimum atomic E-state index is -1.05. The molecule has 1 aliphatic rings. The van der Waals surface area contributed by atoms with Crippen LogP contribution in [0.15, 0.2) is 36.5 Å². The lowest BCUT2D eigenvalue weighted by molar-refractivity contribution is -0.114. The molecule has 7 nitrogen and oxygen atoms in total. The number of carbonyl (C=O) groups is 2. The molecule has 1 amide bonds. The van der Waals surface area contributed by atoms with Crippen molar-refractivity contribution >= 4 is 23.3 Å². The van der Waals surface area contributed by atoms with Crippen LogP contribution in [-0.4, -0.2) is 28.5 Å². The van der Waals surface area contributed by atoms with Crippen molar-refractivity contribution in [2.45, 2.75) is 6.54 Å². The summed E-state index contributed by atoms with van der Waals surface area (Å²) < 4.78 is 0. The number of aromatic carboxylic acids is 1. The number of pyridine rings is 1. The molecule has 2 N–H and O–H groups in total. The van der Waals surface area contributed by atoms with E-state index in [1.807, 2.05) is 11.0 Å². The summed E-state index contributed by atoms with van der Waals surface area (Å²) in [5.41, 5.74) is 2.40. The highest BCUT2D eigenvalue weighted by Crippen LogP contribution is 2.26. The van der Waals surface area contributed by atoms with Gasteiger partial charge in [-0.3, -0.25) is 4.79 Å². The van der Waals surface area contributed by atoms with Crippen LogP contribution in [0.2, 0.25) is 0 Å². The van der Waals surface area contributed by atoms with Gasteiger partial charge in [-0.1, -0.05) is 6.07 Å². The van der Waals surface area contributed by atoms with Crippen LogP contribution in [0.25, 0.3) is 0 Å². The Kier molecular flexibility index (Phi) is 3.65. The van der Waals surface area contributed by atoms with E-state index in [9.17, 15) is 9.59 Å². The molecule has 0 unspecified atom stereocenters. The van der Waals surface area contributed by atoms with Crippen LogP contribution in [0.3, 0.4) is 0 Å². The number of rotatable bonds is 2. The van der Waals surface area contributed by atoms with Gasteiger partial charge in [-0.15, -0.1) is 0 Å². The molecule has 7 heteroatoms. The zero-order chi connectivity index (χ0) is 16.4. The van der Waals surface area contributed by atoms with Gasteiger partial charge in [-0.25, -0.2) is 9.78 Å². The van der Waals surface area contributed by atoms with Gasteiger partial charge in [0.1, 0.15) is 11.8 Å². The third kappa shape index (κ3) is 2.96. The number of fused-ring (bicyclic) bond motifs is 1. The predicted molar refractivity (Wildman–Crippen MR) is 82.0 cm³/mol. The molecule has 114 valence electrons. The summed E-state index contributed by atoms with van der Waals surface area (Å²) in [5.74, 6) is -1.29. The van der Waals surface area contributed by atoms with Gasteiger partial charge in [0.25, 0.3) is 0 Å². The quantitative estimate of drug-likeness (QED) is 0.873. The maximum absolute atomic E-state index is 12.1. The Morgan fingerprint density at radius 2 is 2.13 bits per heavy atom. The zero-order valence-electron chi connectivity index (χ0n) is 12.0. The van der Waals surface area contributed by atoms with Crippen molar-refractivity contribution < 1.29 is 14.7 Å². The van der Waals surface area contributed by atoms with E-state index in [1.165, 1.54) is 18.3 Å². The molecule has 0 atom stereocenters. The maximum atomic E-state index is 12.1. The molecule has 0 radical (unpaired) electrons. The second-order valence-electron chi connectivity index (χ2n) is 5.09. The lowest BCUT2D eigenvalue weighted by Crippen LogP contribution is -2.29. The molecule has 0 bridgehead atoms. The summed E-state index contributed by atoms with van der Waals surface area (Å²) in [6.07, 6.45) is 1.52. The van der Waals surface area contributed by atoms with Crippen LogP contribution < -0.4 is 10.2 Å². The first-order chi connectivity index (χ1) is 11.1. The molecule has 2 heterocycles. The van der Waals surface area contributed by atoms with E-state index in [2.05, 4.69) is 10.3 Å². The van der Waals surface area contributed by atoms with Crippen molar-refractivity contribution in [3.8, 4) is 6.07 Å². The Morgan fingerprint density at radius 3 is 2.87 bits per heavy atom. The first-order valence-electron chi connectivity index (χ1n) is 6.84. The van der Waals surface area contributed by atoms with Crippen molar-refractivity contribution in [1.82, 2.24) is 4.98 Å². The minimum Gasteiger partial charge on any atom is -0.478 e. The summed E-state index contributed by atoms with van der Waals surface area (Å²) in [5, 5.41) is 20.7. The third-order valence-corrected chi connectivity index (χ3v) is 3.55. The summed E-state index contributed by atoms with van der Waals surface area (Å²) in [7, 11) is 0.